The minimum absolute atomic E-state index is 0.0368. The van der Waals surface area contributed by atoms with Crippen LogP contribution in [0.5, 0.6) is 0 Å². The number of amides is 15. The molecule has 6 saturated carbocycles. The highest BCUT2D eigenvalue weighted by molar-refractivity contribution is 7.89. The minimum atomic E-state index is -3.70. The second-order valence-corrected chi connectivity index (χ2v) is 57.3. The molecule has 148 heavy (non-hydrogen) atoms. The number of ketones is 3. The van der Waals surface area contributed by atoms with E-state index in [2.05, 4.69) is 65.7 Å². The summed E-state index contributed by atoms with van der Waals surface area (Å²) in [6.45, 7) is 49.2. The van der Waals surface area contributed by atoms with E-state index in [0.29, 0.717) is 75.9 Å². The van der Waals surface area contributed by atoms with Gasteiger partial charge in [-0.05, 0) is 166 Å². The van der Waals surface area contributed by atoms with Crippen molar-refractivity contribution < 1.29 is 97.2 Å². The number of nitrogens with zero attached hydrogens (tertiary/aromatic N) is 7. The van der Waals surface area contributed by atoms with E-state index in [1.807, 2.05) is 152 Å². The zero-order valence-electron chi connectivity index (χ0n) is 90.8. The van der Waals surface area contributed by atoms with Crippen molar-refractivity contribution >= 4 is 130 Å². The summed E-state index contributed by atoms with van der Waals surface area (Å²) >= 11 is 1.39. The van der Waals surface area contributed by atoms with E-state index in [4.69, 9.17) is 17.9 Å². The maximum atomic E-state index is 14.7. The summed E-state index contributed by atoms with van der Waals surface area (Å²) < 4.78 is 84.3. The molecular weight excluding hydrogens is 1980 g/mol. The van der Waals surface area contributed by atoms with Gasteiger partial charge in [0.1, 0.15) is 36.3 Å². The molecule has 12 aliphatic rings. The van der Waals surface area contributed by atoms with Gasteiger partial charge in [0.2, 0.25) is 72.8 Å². The van der Waals surface area contributed by atoms with Crippen LogP contribution in [0.25, 0.3) is 0 Å². The van der Waals surface area contributed by atoms with E-state index in [1.54, 1.807) is 16.3 Å². The summed E-state index contributed by atoms with van der Waals surface area (Å²) in [4.78, 5) is 206. The van der Waals surface area contributed by atoms with Crippen LogP contribution >= 0.6 is 11.3 Å². The first-order valence-corrected chi connectivity index (χ1v) is 58.2. The number of hydrogen-bond donors (Lipinski definition) is 12. The molecule has 5 saturated heterocycles. The number of Topliss-reactive ketones (excluding diaryl/α,β-unsaturated/α-hetero) is 3. The van der Waals surface area contributed by atoms with Crippen molar-refractivity contribution in [1.82, 2.24) is 85.1 Å². The van der Waals surface area contributed by atoms with Crippen molar-refractivity contribution in [2.45, 2.75) is 345 Å². The fraction of sp³-hybridized carbons (Fsp3) is 0.779. The number of sulfonamides is 2. The third-order valence-corrected chi connectivity index (χ3v) is 40.0. The van der Waals surface area contributed by atoms with Crippen molar-refractivity contribution in [2.24, 2.45) is 108 Å². The molecule has 6 aliphatic carbocycles. The highest BCUT2D eigenvalue weighted by Gasteiger charge is 2.73. The molecule has 1 aromatic heterocycles. The normalized spacial score (nSPS) is 26.2. The average Bonchev–Trinajstić information content (AvgIpc) is 1.53. The Morgan fingerprint density at radius 2 is 0.912 bits per heavy atom. The fourth-order valence-corrected chi connectivity index (χ4v) is 29.0. The number of piperidine rings is 3. The molecule has 7 heterocycles. The Balaban J connectivity index is 0.000000211. The number of nitrogens with one attached hydrogen (secondary N) is 10. The number of unbranched alkanes of at least 4 members (excludes halogenated alkanes) is 1. The van der Waals surface area contributed by atoms with E-state index in [0.717, 1.165) is 75.5 Å². The number of rotatable bonds is 39. The van der Waals surface area contributed by atoms with Gasteiger partial charge in [-0.1, -0.05) is 203 Å². The van der Waals surface area contributed by atoms with E-state index < -0.39 is 213 Å². The third kappa shape index (κ3) is 27.7. The Kier molecular flexibility index (Phi) is 36.9. The van der Waals surface area contributed by atoms with Crippen molar-refractivity contribution in [3.05, 3.63) is 29.0 Å². The number of fused-ring (bicyclic) bond motifs is 4. The van der Waals surface area contributed by atoms with Gasteiger partial charge in [0.05, 0.1) is 28.8 Å². The van der Waals surface area contributed by atoms with Crippen molar-refractivity contribution in [2.75, 3.05) is 77.7 Å². The van der Waals surface area contributed by atoms with Crippen LogP contribution < -0.4 is 64.6 Å². The number of hydrogen-bond acceptors (Lipinski definition) is 22. The highest BCUT2D eigenvalue weighted by Crippen LogP contribution is 2.67. The number of primary amides is 2. The maximum Gasteiger partial charge on any atom is 0.315 e. The Morgan fingerprint density at radius 3 is 1.32 bits per heavy atom. The van der Waals surface area contributed by atoms with Gasteiger partial charge in [0.15, 0.2) is 0 Å². The van der Waals surface area contributed by atoms with Gasteiger partial charge in [-0.2, -0.15) is 25.6 Å². The van der Waals surface area contributed by atoms with E-state index in [-0.39, 0.29) is 127 Å². The molecule has 828 valence electrons. The van der Waals surface area contributed by atoms with Gasteiger partial charge in [-0.3, -0.25) is 57.5 Å². The molecule has 0 bridgehead atoms. The molecule has 40 nitrogen and oxygen atoms in total. The molecule has 44 heteroatoms. The number of thiophene rings is 1. The molecule has 15 amide bonds. The molecule has 11 fully saturated rings. The van der Waals surface area contributed by atoms with Gasteiger partial charge in [-0.25, -0.2) is 31.2 Å². The first kappa shape index (κ1) is 119. The van der Waals surface area contributed by atoms with Crippen molar-refractivity contribution in [3.63, 3.8) is 0 Å². The largest absolute Gasteiger partial charge is 0.363 e. The van der Waals surface area contributed by atoms with Gasteiger partial charge in [-0.15, -0.1) is 30.3 Å². The number of carbonyl (C=O) groups excluding carboxylic acids is 15. The smallest absolute Gasteiger partial charge is 0.315 e. The molecule has 13 rings (SSSR count). The molecule has 1 aromatic rings. The Labute approximate surface area is 879 Å². The van der Waals surface area contributed by atoms with Gasteiger partial charge >= 0.3 is 18.1 Å². The number of nitrogens with two attached hydrogens (primary N) is 2. The van der Waals surface area contributed by atoms with Gasteiger partial charge < -0.3 is 79.3 Å². The van der Waals surface area contributed by atoms with Gasteiger partial charge in [0.25, 0.3) is 27.9 Å². The van der Waals surface area contributed by atoms with E-state index in [9.17, 15) is 97.2 Å². The van der Waals surface area contributed by atoms with Crippen LogP contribution in [0.2, 0.25) is 0 Å². The zero-order chi connectivity index (χ0) is 110. The zero-order valence-corrected chi connectivity index (χ0v) is 94.1. The summed E-state index contributed by atoms with van der Waals surface area (Å²) in [5, 5.41) is 30.1. The van der Waals surface area contributed by atoms with Crippen LogP contribution in [0.1, 0.15) is 266 Å². The highest BCUT2D eigenvalue weighted by atomic mass is 32.2. The van der Waals surface area contributed by atoms with E-state index >= 15 is 0 Å². The maximum absolute atomic E-state index is 14.7. The summed E-state index contributed by atoms with van der Waals surface area (Å²) in [5.74, 6) is -5.74. The lowest BCUT2D eigenvalue weighted by Gasteiger charge is -2.39. The van der Waals surface area contributed by atoms with Crippen LogP contribution in [0.4, 0.5) is 14.4 Å². The lowest BCUT2D eigenvalue weighted by atomic mass is 9.83. The first-order chi connectivity index (χ1) is 68.5. The summed E-state index contributed by atoms with van der Waals surface area (Å²) in [6, 6.07) is -10.9. The second kappa shape index (κ2) is 46.0. The van der Waals surface area contributed by atoms with Crippen LogP contribution in [0.3, 0.4) is 0 Å². The van der Waals surface area contributed by atoms with Crippen LogP contribution in [-0.2, 0) is 94.3 Å². The Morgan fingerprint density at radius 1 is 0.493 bits per heavy atom. The molecule has 0 aromatic carbocycles. The number of urea groups is 3. The van der Waals surface area contributed by atoms with Crippen LogP contribution in [-0.4, -0.2) is 296 Å². The summed E-state index contributed by atoms with van der Waals surface area (Å²) in [5.41, 5.74) is 6.89. The second-order valence-electron chi connectivity index (χ2n) is 50.4. The van der Waals surface area contributed by atoms with Crippen LogP contribution in [0, 0.1) is 109 Å². The quantitative estimate of drug-likeness (QED) is 0.0200. The molecule has 0 radical (unpaired) electrons. The monoisotopic (exact) mass is 2150 g/mol. The lowest BCUT2D eigenvalue weighted by molar-refractivity contribution is -0.145. The van der Waals surface area contributed by atoms with Crippen LogP contribution in [0.15, 0.2) is 29.0 Å². The predicted octanol–water partition coefficient (Wildman–Crippen LogP) is 6.13. The SMILES string of the molecule is C#CCCC(NC(=O)[C@@H]1[C@@H]2[C@H](CN1C(=O)[C@@H](NC(=O)N[C@H](CN1Cc3sccc3S1(=O)=O)C(C)(C)C)C1CCCCC1)C2(C)C)C(=O)C(=O)NCC=C.CC(C)(C)[C@H](NC(=O)N[C@H](CN1CCN(CC2CC2)S1(=O)=O)C(C)(C)C)C(=O)N1C[C@H]2[C@@H]([C@H]1C(=O)NC(CC1CC1)C(=O)C(N)=O)C2(C)C.CCCCC(NC(=O)[C@@H]1[C@@H]2[C@H](CN1C(=O)[C@@H](NC(=O)N[C@H](CN1CCCCS1(=O)=O)C(C)(C)C)C(C)(C)C)C2(C)C)C(=O)C(N)=O. The van der Waals surface area contributed by atoms with Crippen molar-refractivity contribution in [1.29, 1.82) is 0 Å². The average molecular weight is 2150 g/mol. The first-order valence-electron chi connectivity index (χ1n) is 52.9. The predicted molar refractivity (Wildman–Crippen MR) is 559 cm³/mol. The Hall–Kier alpha value is -9.26. The minimum Gasteiger partial charge on any atom is -0.363 e. The number of terminal acetylenes is 1. The third-order valence-electron chi connectivity index (χ3n) is 33.2. The fourth-order valence-electron chi connectivity index (χ4n) is 22.8. The standard InChI is InChI=1S/C38H54N6O7S2.C34H57N7O7S.C32H56N6O7S/c1-8-10-16-25(32(45)34(47)39-18-9-2)40-33(46)31-29-24(38(29,6)7)20-44(31)35(48)30(23-14-12-11-13-15-23)42-36(49)41-28(37(3,4)5)22-43-21-26-27(17-19-52-26)53(43,50)51;1-32(2,3)23(18-40-14-13-39(49(40,47)48)16-20-11-12-20)37-31(46)38-27(33(4,5)6)30(45)41-17-21-24(34(21,7)8)25(41)29(44)36-22(15-19-9-10-19)26(42)28(35)43;1-10-11-14-20(24(39)26(33)40)34-27(41)23-22-19(32(22,8)9)17-38(23)28(42)25(31(5,6)7)36-29(43)35-21(30(2,3)4)18-37-15-12-13-16-46(37,44)45/h1,9,17,19,23-25,28-31H,2,10-16,18,20-22H2,3-7H3,(H,39,47)(H,40,46)(H2,41,42,49);19-25,27H,9-18H2,1-8H3,(H2,35,43)(H,36,44)(H2,37,38,46);19-23,25H,10-18H2,1-9H3,(H2,33,40)(H,34,41)(H2,35,36,43)/t24-,25?,28+,29-,30-,31-;21-,22?,23+,24-,25-,27+;19-,20?,21+,22-,23-,25+/m000/s1. The molecule has 3 unspecified atom stereocenters. The molecular formula is C104H167N19O21S4. The number of likely N-dealkylation sites (tertiary alicyclic amines) is 3. The molecule has 18 atom stereocenters. The Bertz CT molecular complexity index is 5570. The summed E-state index contributed by atoms with van der Waals surface area (Å²) in [7, 11) is -10.8. The summed E-state index contributed by atoms with van der Waals surface area (Å²) in [6.07, 6.45) is 18.6. The molecule has 6 aliphatic heterocycles. The molecule has 14 N–H and O–H groups in total. The van der Waals surface area contributed by atoms with Crippen molar-refractivity contribution in [3.8, 4) is 12.3 Å². The van der Waals surface area contributed by atoms with E-state index in [1.165, 1.54) is 44.4 Å². The van der Waals surface area contributed by atoms with Gasteiger partial charge in [0, 0.05) is 108 Å². The number of carbonyl (C=O) groups is 15. The topological polar surface area (TPSA) is 553 Å². The lowest BCUT2D eigenvalue weighted by Crippen LogP contribution is -2.63. The molecule has 0 spiro atoms.